The van der Waals surface area contributed by atoms with Crippen molar-refractivity contribution in [3.8, 4) is 0 Å². The zero-order chi connectivity index (χ0) is 17.5. The first-order valence-corrected chi connectivity index (χ1v) is 10.7. The molecular formula is C20H34O2S. The van der Waals surface area contributed by atoms with E-state index in [0.717, 1.165) is 25.7 Å². The fraction of sp³-hybridized carbons (Fsp3) is 0.700. The van der Waals surface area contributed by atoms with Crippen LogP contribution in [-0.2, 0) is 21.7 Å². The number of hydrogen-bond donors (Lipinski definition) is 0. The maximum absolute atomic E-state index is 11.7. The molecule has 0 fully saturated rings. The van der Waals surface area contributed by atoms with E-state index in [1.54, 1.807) is 13.8 Å². The van der Waals surface area contributed by atoms with Crippen molar-refractivity contribution in [1.82, 2.24) is 0 Å². The van der Waals surface area contributed by atoms with E-state index >= 15 is 0 Å². The summed E-state index contributed by atoms with van der Waals surface area (Å²) in [5, 5.41) is -0.237. The van der Waals surface area contributed by atoms with Crippen LogP contribution in [0.4, 0.5) is 0 Å². The molecule has 0 atom stereocenters. The summed E-state index contributed by atoms with van der Waals surface area (Å²) in [5.74, 6) is 0.346. The van der Waals surface area contributed by atoms with Crippen molar-refractivity contribution in [1.29, 1.82) is 0 Å². The molecule has 0 spiro atoms. The largest absolute Gasteiger partial charge is 0.229 e. The van der Waals surface area contributed by atoms with Crippen LogP contribution >= 0.6 is 0 Å². The third-order valence-corrected chi connectivity index (χ3v) is 6.73. The van der Waals surface area contributed by atoms with Crippen molar-refractivity contribution in [3.63, 3.8) is 0 Å². The Labute approximate surface area is 143 Å². The molecule has 1 aromatic carbocycles. The Kier molecular flexibility index (Phi) is 7.79. The summed E-state index contributed by atoms with van der Waals surface area (Å²) in [6.07, 6.45) is 6.45. The molecule has 3 heteroatoms. The predicted octanol–water partition coefficient (Wildman–Crippen LogP) is 5.30. The van der Waals surface area contributed by atoms with E-state index in [9.17, 15) is 8.42 Å². The Hall–Kier alpha value is -0.830. The van der Waals surface area contributed by atoms with E-state index < -0.39 is 9.84 Å². The Bertz CT molecular complexity index is 548. The Balaban J connectivity index is 2.18. The highest BCUT2D eigenvalue weighted by Crippen LogP contribution is 2.22. The zero-order valence-electron chi connectivity index (χ0n) is 15.6. The van der Waals surface area contributed by atoms with Crippen molar-refractivity contribution >= 4 is 9.84 Å². The van der Waals surface area contributed by atoms with Crippen LogP contribution in [0, 0.1) is 0 Å². The molecule has 0 aromatic heterocycles. The van der Waals surface area contributed by atoms with Crippen LogP contribution in [0.2, 0.25) is 0 Å². The SMILES string of the molecule is CC(C)S(=O)(=O)CCCCCCCc1ccc(C(C)(C)C)cc1. The molecule has 132 valence electrons. The third-order valence-electron chi connectivity index (χ3n) is 4.43. The molecule has 0 aliphatic heterocycles. The predicted molar refractivity (Wildman–Crippen MR) is 101 cm³/mol. The minimum Gasteiger partial charge on any atom is -0.229 e. The van der Waals surface area contributed by atoms with Crippen molar-refractivity contribution < 1.29 is 8.42 Å². The summed E-state index contributed by atoms with van der Waals surface area (Å²) in [6, 6.07) is 8.98. The lowest BCUT2D eigenvalue weighted by Gasteiger charge is -2.19. The second-order valence-electron chi connectivity index (χ2n) is 7.88. The van der Waals surface area contributed by atoms with Gasteiger partial charge in [0.25, 0.3) is 0 Å². The minimum atomic E-state index is -2.85. The van der Waals surface area contributed by atoms with E-state index in [0.29, 0.717) is 5.75 Å². The maximum atomic E-state index is 11.7. The quantitative estimate of drug-likeness (QED) is 0.573. The maximum Gasteiger partial charge on any atom is 0.152 e. The van der Waals surface area contributed by atoms with Gasteiger partial charge in [-0.15, -0.1) is 0 Å². The third kappa shape index (κ3) is 7.52. The van der Waals surface area contributed by atoms with Crippen LogP contribution in [0.15, 0.2) is 24.3 Å². The summed E-state index contributed by atoms with van der Waals surface area (Å²) >= 11 is 0. The molecule has 1 rings (SSSR count). The van der Waals surface area contributed by atoms with Gasteiger partial charge < -0.3 is 0 Å². The van der Waals surface area contributed by atoms with Crippen molar-refractivity contribution in [2.45, 2.75) is 83.8 Å². The van der Waals surface area contributed by atoms with Gasteiger partial charge in [-0.3, -0.25) is 0 Å². The van der Waals surface area contributed by atoms with Crippen LogP contribution in [-0.4, -0.2) is 19.4 Å². The van der Waals surface area contributed by atoms with Crippen LogP contribution in [0.25, 0.3) is 0 Å². The first-order valence-electron chi connectivity index (χ1n) is 8.94. The Morgan fingerprint density at radius 3 is 1.91 bits per heavy atom. The molecule has 23 heavy (non-hydrogen) atoms. The molecule has 2 nitrogen and oxygen atoms in total. The number of aryl methyl sites for hydroxylation is 1. The molecule has 0 radical (unpaired) electrons. The fourth-order valence-electron chi connectivity index (χ4n) is 2.57. The molecular weight excluding hydrogens is 304 g/mol. The summed E-state index contributed by atoms with van der Waals surface area (Å²) in [6.45, 7) is 10.2. The minimum absolute atomic E-state index is 0.217. The summed E-state index contributed by atoms with van der Waals surface area (Å²) < 4.78 is 23.4. The monoisotopic (exact) mass is 338 g/mol. The van der Waals surface area contributed by atoms with Crippen LogP contribution in [0.1, 0.15) is 77.8 Å². The average Bonchev–Trinajstić information content (AvgIpc) is 2.45. The van der Waals surface area contributed by atoms with Crippen molar-refractivity contribution in [3.05, 3.63) is 35.4 Å². The van der Waals surface area contributed by atoms with Gasteiger partial charge in [0.1, 0.15) is 0 Å². The standard InChI is InChI=1S/C20H34O2S/c1-17(2)23(21,22)16-10-8-6-7-9-11-18-12-14-19(15-13-18)20(3,4)5/h12-15,17H,6-11,16H2,1-5H3. The molecule has 0 bridgehead atoms. The molecule has 1 aromatic rings. The van der Waals surface area contributed by atoms with Gasteiger partial charge in [0, 0.05) is 0 Å². The molecule has 0 heterocycles. The van der Waals surface area contributed by atoms with E-state index in [2.05, 4.69) is 45.0 Å². The van der Waals surface area contributed by atoms with E-state index in [4.69, 9.17) is 0 Å². The van der Waals surface area contributed by atoms with Gasteiger partial charge in [-0.1, -0.05) is 64.3 Å². The van der Waals surface area contributed by atoms with Crippen molar-refractivity contribution in [2.24, 2.45) is 0 Å². The van der Waals surface area contributed by atoms with Gasteiger partial charge in [-0.05, 0) is 49.7 Å². The summed E-state index contributed by atoms with van der Waals surface area (Å²) in [5.41, 5.74) is 3.00. The van der Waals surface area contributed by atoms with Crippen LogP contribution in [0.5, 0.6) is 0 Å². The van der Waals surface area contributed by atoms with Gasteiger partial charge in [0.2, 0.25) is 0 Å². The topological polar surface area (TPSA) is 34.1 Å². The highest BCUT2D eigenvalue weighted by Gasteiger charge is 2.15. The number of unbranched alkanes of at least 4 members (excludes halogenated alkanes) is 4. The molecule has 0 saturated heterocycles. The van der Waals surface area contributed by atoms with E-state index in [1.165, 1.54) is 24.0 Å². The lowest BCUT2D eigenvalue weighted by molar-refractivity contribution is 0.577. The van der Waals surface area contributed by atoms with E-state index in [1.807, 2.05) is 0 Å². The highest BCUT2D eigenvalue weighted by atomic mass is 32.2. The van der Waals surface area contributed by atoms with Gasteiger partial charge >= 0.3 is 0 Å². The first-order chi connectivity index (χ1) is 10.6. The van der Waals surface area contributed by atoms with Gasteiger partial charge in [0.15, 0.2) is 9.84 Å². The smallest absolute Gasteiger partial charge is 0.152 e. The summed E-state index contributed by atoms with van der Waals surface area (Å²) in [7, 11) is -2.85. The van der Waals surface area contributed by atoms with Crippen molar-refractivity contribution in [2.75, 3.05) is 5.75 Å². The Morgan fingerprint density at radius 1 is 0.870 bits per heavy atom. The highest BCUT2D eigenvalue weighted by molar-refractivity contribution is 7.91. The average molecular weight is 339 g/mol. The van der Waals surface area contributed by atoms with Crippen LogP contribution in [0.3, 0.4) is 0 Å². The first kappa shape index (κ1) is 20.2. The molecule has 0 saturated carbocycles. The van der Waals surface area contributed by atoms with Gasteiger partial charge in [0.05, 0.1) is 11.0 Å². The van der Waals surface area contributed by atoms with Gasteiger partial charge in [-0.25, -0.2) is 8.42 Å². The molecule has 0 amide bonds. The Morgan fingerprint density at radius 2 is 1.39 bits per heavy atom. The molecule has 0 N–H and O–H groups in total. The normalized spacial score (nSPS) is 12.8. The number of rotatable bonds is 9. The molecule has 0 aliphatic carbocycles. The lowest BCUT2D eigenvalue weighted by Crippen LogP contribution is -2.17. The number of benzene rings is 1. The fourth-order valence-corrected chi connectivity index (χ4v) is 3.65. The molecule has 0 unspecified atom stereocenters. The summed E-state index contributed by atoms with van der Waals surface area (Å²) in [4.78, 5) is 0. The second-order valence-corrected chi connectivity index (χ2v) is 10.6. The lowest BCUT2D eigenvalue weighted by atomic mass is 9.86. The van der Waals surface area contributed by atoms with E-state index in [-0.39, 0.29) is 10.7 Å². The van der Waals surface area contributed by atoms with Gasteiger partial charge in [-0.2, -0.15) is 0 Å². The molecule has 0 aliphatic rings. The zero-order valence-corrected chi connectivity index (χ0v) is 16.4. The number of hydrogen-bond acceptors (Lipinski definition) is 2. The number of sulfone groups is 1. The second kappa shape index (κ2) is 8.86. The van der Waals surface area contributed by atoms with Crippen LogP contribution < -0.4 is 0 Å².